The van der Waals surface area contributed by atoms with Crippen LogP contribution in [0.2, 0.25) is 0 Å². The minimum atomic E-state index is -0.818. The van der Waals surface area contributed by atoms with Gasteiger partial charge in [-0.3, -0.25) is 9.59 Å². The Labute approximate surface area is 122 Å². The summed E-state index contributed by atoms with van der Waals surface area (Å²) in [6, 6.07) is 5.66. The SMILES string of the molecule is O=C(O)C1CCN(C(=O)CCc2ccc3c(c2)OCO3)C1. The number of hydrogen-bond acceptors (Lipinski definition) is 4. The Bertz CT molecular complexity index is 571. The van der Waals surface area contributed by atoms with Gasteiger partial charge in [-0.2, -0.15) is 0 Å². The zero-order chi connectivity index (χ0) is 14.8. The zero-order valence-electron chi connectivity index (χ0n) is 11.6. The highest BCUT2D eigenvalue weighted by molar-refractivity contribution is 5.79. The molecule has 1 saturated heterocycles. The largest absolute Gasteiger partial charge is 0.481 e. The maximum Gasteiger partial charge on any atom is 0.308 e. The van der Waals surface area contributed by atoms with Crippen molar-refractivity contribution < 1.29 is 24.2 Å². The Morgan fingerprint density at radius 3 is 2.86 bits per heavy atom. The maximum atomic E-state index is 12.1. The third kappa shape index (κ3) is 2.94. The van der Waals surface area contributed by atoms with Crippen LogP contribution < -0.4 is 9.47 Å². The Morgan fingerprint density at radius 2 is 2.10 bits per heavy atom. The van der Waals surface area contributed by atoms with Crippen LogP contribution in [0.4, 0.5) is 0 Å². The molecule has 21 heavy (non-hydrogen) atoms. The van der Waals surface area contributed by atoms with E-state index >= 15 is 0 Å². The topological polar surface area (TPSA) is 76.1 Å². The minimum absolute atomic E-state index is 0.0106. The fourth-order valence-corrected chi connectivity index (χ4v) is 2.69. The fourth-order valence-electron chi connectivity index (χ4n) is 2.69. The van der Waals surface area contributed by atoms with Gasteiger partial charge in [0.05, 0.1) is 5.92 Å². The van der Waals surface area contributed by atoms with E-state index < -0.39 is 11.9 Å². The molecule has 0 saturated carbocycles. The molecule has 112 valence electrons. The molecule has 2 aliphatic rings. The quantitative estimate of drug-likeness (QED) is 0.904. The normalized spacial score (nSPS) is 19.8. The summed E-state index contributed by atoms with van der Waals surface area (Å²) in [6.07, 6.45) is 1.54. The second kappa shape index (κ2) is 5.63. The average molecular weight is 291 g/mol. The van der Waals surface area contributed by atoms with Crippen molar-refractivity contribution in [1.29, 1.82) is 0 Å². The molecular formula is C15H17NO5. The number of carbonyl (C=O) groups is 2. The van der Waals surface area contributed by atoms with Gasteiger partial charge >= 0.3 is 5.97 Å². The first kappa shape index (κ1) is 13.7. The molecule has 0 spiro atoms. The van der Waals surface area contributed by atoms with Gasteiger partial charge in [-0.05, 0) is 30.5 Å². The molecule has 1 amide bonds. The second-order valence-corrected chi connectivity index (χ2v) is 5.35. The van der Waals surface area contributed by atoms with Gasteiger partial charge in [-0.15, -0.1) is 0 Å². The molecule has 1 aromatic carbocycles. The molecular weight excluding hydrogens is 274 g/mol. The van der Waals surface area contributed by atoms with Crippen LogP contribution in [0.3, 0.4) is 0 Å². The first-order valence-corrected chi connectivity index (χ1v) is 7.02. The number of aryl methyl sites for hydroxylation is 1. The average Bonchev–Trinajstić information content (AvgIpc) is 3.12. The second-order valence-electron chi connectivity index (χ2n) is 5.35. The van der Waals surface area contributed by atoms with Crippen LogP contribution in [0.5, 0.6) is 11.5 Å². The van der Waals surface area contributed by atoms with Gasteiger partial charge in [0.1, 0.15) is 0 Å². The number of hydrogen-bond donors (Lipinski definition) is 1. The number of aliphatic carboxylic acids is 1. The van der Waals surface area contributed by atoms with Gasteiger partial charge in [0.2, 0.25) is 12.7 Å². The van der Waals surface area contributed by atoms with E-state index in [1.807, 2.05) is 18.2 Å². The summed E-state index contributed by atoms with van der Waals surface area (Å²) in [5, 5.41) is 8.95. The van der Waals surface area contributed by atoms with E-state index in [1.165, 1.54) is 0 Å². The Kier molecular flexibility index (Phi) is 3.68. The van der Waals surface area contributed by atoms with Crippen molar-refractivity contribution in [3.8, 4) is 11.5 Å². The van der Waals surface area contributed by atoms with E-state index in [2.05, 4.69) is 0 Å². The number of benzene rings is 1. The number of rotatable bonds is 4. The van der Waals surface area contributed by atoms with Crippen molar-refractivity contribution in [1.82, 2.24) is 4.90 Å². The summed E-state index contributed by atoms with van der Waals surface area (Å²) in [5.74, 6) is 0.220. The van der Waals surface area contributed by atoms with Gasteiger partial charge in [0, 0.05) is 19.5 Å². The van der Waals surface area contributed by atoms with Crippen molar-refractivity contribution >= 4 is 11.9 Å². The van der Waals surface area contributed by atoms with Crippen molar-refractivity contribution in [3.05, 3.63) is 23.8 Å². The molecule has 0 aliphatic carbocycles. The number of fused-ring (bicyclic) bond motifs is 1. The van der Waals surface area contributed by atoms with Crippen LogP contribution >= 0.6 is 0 Å². The molecule has 1 fully saturated rings. The van der Waals surface area contributed by atoms with Crippen molar-refractivity contribution in [2.45, 2.75) is 19.3 Å². The number of carbonyl (C=O) groups excluding carboxylic acids is 1. The lowest BCUT2D eigenvalue weighted by Gasteiger charge is -2.15. The highest BCUT2D eigenvalue weighted by atomic mass is 16.7. The lowest BCUT2D eigenvalue weighted by Crippen LogP contribution is -2.30. The maximum absolute atomic E-state index is 12.1. The molecule has 6 heteroatoms. The molecule has 0 radical (unpaired) electrons. The Hall–Kier alpha value is -2.24. The van der Waals surface area contributed by atoms with E-state index in [0.717, 1.165) is 11.3 Å². The fraction of sp³-hybridized carbons (Fsp3) is 0.467. The monoisotopic (exact) mass is 291 g/mol. The summed E-state index contributed by atoms with van der Waals surface area (Å²) in [5.41, 5.74) is 1.02. The van der Waals surface area contributed by atoms with E-state index in [9.17, 15) is 9.59 Å². The number of ether oxygens (including phenoxy) is 2. The van der Waals surface area contributed by atoms with Gasteiger partial charge in [-0.25, -0.2) is 0 Å². The van der Waals surface area contributed by atoms with E-state index in [-0.39, 0.29) is 12.7 Å². The molecule has 6 nitrogen and oxygen atoms in total. The highest BCUT2D eigenvalue weighted by Gasteiger charge is 2.30. The molecule has 2 aliphatic heterocycles. The smallest absolute Gasteiger partial charge is 0.308 e. The summed E-state index contributed by atoms with van der Waals surface area (Å²) >= 11 is 0. The summed E-state index contributed by atoms with van der Waals surface area (Å²) < 4.78 is 10.5. The first-order valence-electron chi connectivity index (χ1n) is 7.02. The highest BCUT2D eigenvalue weighted by Crippen LogP contribution is 2.32. The van der Waals surface area contributed by atoms with Crippen molar-refractivity contribution in [3.63, 3.8) is 0 Å². The number of carboxylic acid groups (broad SMARTS) is 1. The van der Waals surface area contributed by atoms with E-state index in [1.54, 1.807) is 4.90 Å². The number of nitrogens with zero attached hydrogens (tertiary/aromatic N) is 1. The van der Waals surface area contributed by atoms with Crippen LogP contribution in [0.1, 0.15) is 18.4 Å². The van der Waals surface area contributed by atoms with Crippen LogP contribution in [0.25, 0.3) is 0 Å². The van der Waals surface area contributed by atoms with Crippen molar-refractivity contribution in [2.24, 2.45) is 5.92 Å². The third-order valence-electron chi connectivity index (χ3n) is 3.95. The minimum Gasteiger partial charge on any atom is -0.481 e. The summed E-state index contributed by atoms with van der Waals surface area (Å²) in [7, 11) is 0. The first-order chi connectivity index (χ1) is 10.1. The van der Waals surface area contributed by atoms with Crippen LogP contribution in [0, 0.1) is 5.92 Å². The molecule has 3 rings (SSSR count). The van der Waals surface area contributed by atoms with Gasteiger partial charge < -0.3 is 19.5 Å². The predicted molar refractivity (Wildman–Crippen MR) is 73.2 cm³/mol. The molecule has 0 aromatic heterocycles. The van der Waals surface area contributed by atoms with Gasteiger partial charge in [0.25, 0.3) is 0 Å². The zero-order valence-corrected chi connectivity index (χ0v) is 11.6. The molecule has 1 unspecified atom stereocenters. The van der Waals surface area contributed by atoms with E-state index in [4.69, 9.17) is 14.6 Å². The molecule has 1 aromatic rings. The van der Waals surface area contributed by atoms with Gasteiger partial charge in [-0.1, -0.05) is 6.07 Å². The van der Waals surface area contributed by atoms with E-state index in [0.29, 0.717) is 38.1 Å². The number of amides is 1. The standard InChI is InChI=1S/C15H17NO5/c17-14(16-6-5-11(8-16)15(18)19)4-2-10-1-3-12-13(7-10)21-9-20-12/h1,3,7,11H,2,4-6,8-9H2,(H,18,19). The molecule has 1 atom stereocenters. The molecule has 1 N–H and O–H groups in total. The Morgan fingerprint density at radius 1 is 1.29 bits per heavy atom. The third-order valence-corrected chi connectivity index (χ3v) is 3.95. The van der Waals surface area contributed by atoms with Crippen LogP contribution in [-0.4, -0.2) is 41.8 Å². The van der Waals surface area contributed by atoms with Crippen LogP contribution in [0.15, 0.2) is 18.2 Å². The summed E-state index contributed by atoms with van der Waals surface area (Å²) in [6.45, 7) is 1.11. The lowest BCUT2D eigenvalue weighted by molar-refractivity contribution is -0.141. The molecule has 0 bridgehead atoms. The number of likely N-dealkylation sites (tertiary alicyclic amines) is 1. The van der Waals surface area contributed by atoms with Gasteiger partial charge in [0.15, 0.2) is 11.5 Å². The lowest BCUT2D eigenvalue weighted by atomic mass is 10.1. The van der Waals surface area contributed by atoms with Crippen molar-refractivity contribution in [2.75, 3.05) is 19.9 Å². The Balaban J connectivity index is 1.53. The number of carboxylic acids is 1. The summed E-state index contributed by atoms with van der Waals surface area (Å²) in [4.78, 5) is 24.6. The predicted octanol–water partition coefficient (Wildman–Crippen LogP) is 1.28. The molecule has 2 heterocycles. The van der Waals surface area contributed by atoms with Crippen LogP contribution in [-0.2, 0) is 16.0 Å².